The molecule has 2 N–H and O–H groups in total. The molecule has 1 unspecified atom stereocenters. The molecule has 1 saturated heterocycles. The van der Waals surface area contributed by atoms with Crippen molar-refractivity contribution in [3.05, 3.63) is 35.9 Å². The van der Waals surface area contributed by atoms with Gasteiger partial charge in [0.25, 0.3) is 0 Å². The number of benzene rings is 1. The van der Waals surface area contributed by atoms with E-state index in [4.69, 9.17) is 10.5 Å². The second kappa shape index (κ2) is 5.94. The predicted octanol–water partition coefficient (Wildman–Crippen LogP) is 1.72. The van der Waals surface area contributed by atoms with E-state index < -0.39 is 0 Å². The van der Waals surface area contributed by atoms with E-state index in [-0.39, 0.29) is 17.6 Å². The predicted molar refractivity (Wildman–Crippen MR) is 66.8 cm³/mol. The van der Waals surface area contributed by atoms with Crippen LogP contribution in [0.2, 0.25) is 0 Å². The van der Waals surface area contributed by atoms with Crippen LogP contribution in [0.25, 0.3) is 0 Å². The van der Waals surface area contributed by atoms with E-state index in [0.29, 0.717) is 19.8 Å². The largest absolute Gasteiger partial charge is 0.381 e. The van der Waals surface area contributed by atoms with E-state index in [1.165, 1.54) is 0 Å². The minimum Gasteiger partial charge on any atom is -0.381 e. The highest BCUT2D eigenvalue weighted by molar-refractivity contribution is 5.88. The molecule has 17 heavy (non-hydrogen) atoms. The molecule has 0 aliphatic carbocycles. The van der Waals surface area contributed by atoms with Gasteiger partial charge in [-0.15, -0.1) is 0 Å². The van der Waals surface area contributed by atoms with Crippen molar-refractivity contribution in [1.82, 2.24) is 0 Å². The maximum atomic E-state index is 12.4. The van der Waals surface area contributed by atoms with Gasteiger partial charge in [0.2, 0.25) is 0 Å². The van der Waals surface area contributed by atoms with Gasteiger partial charge in [-0.05, 0) is 18.4 Å². The van der Waals surface area contributed by atoms with Gasteiger partial charge in [-0.3, -0.25) is 4.79 Å². The molecule has 0 aromatic heterocycles. The summed E-state index contributed by atoms with van der Waals surface area (Å²) < 4.78 is 5.29. The van der Waals surface area contributed by atoms with Crippen LogP contribution in [-0.2, 0) is 9.53 Å². The molecule has 1 aliphatic rings. The van der Waals surface area contributed by atoms with Crippen molar-refractivity contribution in [2.24, 2.45) is 11.7 Å². The molecule has 0 bridgehead atoms. The highest BCUT2D eigenvalue weighted by Crippen LogP contribution is 2.25. The van der Waals surface area contributed by atoms with Crippen LogP contribution in [0.5, 0.6) is 0 Å². The molecule has 1 heterocycles. The number of carbonyl (C=O) groups excluding carboxylic acids is 1. The van der Waals surface area contributed by atoms with Crippen LogP contribution >= 0.6 is 0 Å². The average Bonchev–Trinajstić information content (AvgIpc) is 2.42. The fourth-order valence-corrected chi connectivity index (χ4v) is 2.37. The quantitative estimate of drug-likeness (QED) is 0.861. The smallest absolute Gasteiger partial charge is 0.144 e. The second-order valence-corrected chi connectivity index (χ2v) is 4.49. The summed E-state index contributed by atoms with van der Waals surface area (Å²) in [6, 6.07) is 9.82. The normalized spacial score (nSPS) is 18.9. The lowest BCUT2D eigenvalue weighted by atomic mass is 9.84. The van der Waals surface area contributed by atoms with Crippen molar-refractivity contribution in [3.8, 4) is 0 Å². The van der Waals surface area contributed by atoms with Crippen molar-refractivity contribution in [1.29, 1.82) is 0 Å². The molecule has 3 nitrogen and oxygen atoms in total. The molecule has 92 valence electrons. The number of hydrogen-bond acceptors (Lipinski definition) is 3. The molecule has 1 atom stereocenters. The molecule has 2 rings (SSSR count). The third-order valence-corrected chi connectivity index (χ3v) is 3.40. The van der Waals surface area contributed by atoms with Gasteiger partial charge in [-0.2, -0.15) is 0 Å². The van der Waals surface area contributed by atoms with E-state index in [1.807, 2.05) is 30.3 Å². The lowest BCUT2D eigenvalue weighted by Crippen LogP contribution is -2.31. The topological polar surface area (TPSA) is 52.3 Å². The highest BCUT2D eigenvalue weighted by Gasteiger charge is 2.28. The standard InChI is InChI=1S/C14H19NO2/c15-10-13(11-4-2-1-3-5-11)14(16)12-6-8-17-9-7-12/h1-5,12-13H,6-10,15H2. The summed E-state index contributed by atoms with van der Waals surface area (Å²) in [7, 11) is 0. The zero-order chi connectivity index (χ0) is 12.1. The van der Waals surface area contributed by atoms with Crippen LogP contribution < -0.4 is 5.73 Å². The molecule has 0 spiro atoms. The molecule has 0 saturated carbocycles. The monoisotopic (exact) mass is 233 g/mol. The molecule has 1 aromatic rings. The Hall–Kier alpha value is -1.19. The third kappa shape index (κ3) is 2.93. The molecule has 3 heteroatoms. The van der Waals surface area contributed by atoms with Crippen LogP contribution in [0, 0.1) is 5.92 Å². The van der Waals surface area contributed by atoms with Crippen molar-refractivity contribution in [2.45, 2.75) is 18.8 Å². The Morgan fingerprint density at radius 1 is 1.29 bits per heavy atom. The van der Waals surface area contributed by atoms with E-state index in [9.17, 15) is 4.79 Å². The fraction of sp³-hybridized carbons (Fsp3) is 0.500. The molecular formula is C14H19NO2. The summed E-state index contributed by atoms with van der Waals surface area (Å²) in [6.07, 6.45) is 1.67. The fourth-order valence-electron chi connectivity index (χ4n) is 2.37. The van der Waals surface area contributed by atoms with Crippen LogP contribution in [0.3, 0.4) is 0 Å². The van der Waals surface area contributed by atoms with Crippen molar-refractivity contribution in [3.63, 3.8) is 0 Å². The Bertz CT molecular complexity index is 358. The number of ketones is 1. The summed E-state index contributed by atoms with van der Waals surface area (Å²) in [5.74, 6) is 0.249. The Morgan fingerprint density at radius 3 is 2.53 bits per heavy atom. The Balaban J connectivity index is 2.10. The van der Waals surface area contributed by atoms with Gasteiger partial charge in [0.05, 0.1) is 5.92 Å². The summed E-state index contributed by atoms with van der Waals surface area (Å²) in [4.78, 5) is 12.4. The van der Waals surface area contributed by atoms with E-state index in [2.05, 4.69) is 0 Å². The highest BCUT2D eigenvalue weighted by atomic mass is 16.5. The Kier molecular flexibility index (Phi) is 4.29. The van der Waals surface area contributed by atoms with E-state index in [0.717, 1.165) is 18.4 Å². The van der Waals surface area contributed by atoms with Crippen molar-refractivity contribution < 1.29 is 9.53 Å². The third-order valence-electron chi connectivity index (χ3n) is 3.40. The first-order valence-corrected chi connectivity index (χ1v) is 6.19. The number of carbonyl (C=O) groups is 1. The van der Waals surface area contributed by atoms with Crippen molar-refractivity contribution in [2.75, 3.05) is 19.8 Å². The van der Waals surface area contributed by atoms with Gasteiger partial charge in [-0.25, -0.2) is 0 Å². The first-order chi connectivity index (χ1) is 8.33. The minimum absolute atomic E-state index is 0.123. The average molecular weight is 233 g/mol. The number of Topliss-reactive ketones (excluding diaryl/α,β-unsaturated/α-hetero) is 1. The minimum atomic E-state index is -0.153. The molecular weight excluding hydrogens is 214 g/mol. The number of nitrogens with two attached hydrogens (primary N) is 1. The summed E-state index contributed by atoms with van der Waals surface area (Å²) in [6.45, 7) is 1.78. The lowest BCUT2D eigenvalue weighted by Gasteiger charge is -2.25. The zero-order valence-electron chi connectivity index (χ0n) is 9.97. The molecule has 1 fully saturated rings. The zero-order valence-corrected chi connectivity index (χ0v) is 9.97. The van der Waals surface area contributed by atoms with Crippen LogP contribution in [0.15, 0.2) is 30.3 Å². The SMILES string of the molecule is NCC(C(=O)C1CCOCC1)c1ccccc1. The first-order valence-electron chi connectivity index (χ1n) is 6.19. The maximum Gasteiger partial charge on any atom is 0.144 e. The summed E-state index contributed by atoms with van der Waals surface area (Å²) >= 11 is 0. The lowest BCUT2D eigenvalue weighted by molar-refractivity contribution is -0.127. The Labute approximate surface area is 102 Å². The van der Waals surface area contributed by atoms with Crippen LogP contribution in [-0.4, -0.2) is 25.5 Å². The van der Waals surface area contributed by atoms with Gasteiger partial charge in [-0.1, -0.05) is 30.3 Å². The summed E-state index contributed by atoms with van der Waals surface area (Å²) in [5, 5.41) is 0. The van der Waals surface area contributed by atoms with Crippen LogP contribution in [0.4, 0.5) is 0 Å². The number of rotatable bonds is 4. The second-order valence-electron chi connectivity index (χ2n) is 4.49. The number of hydrogen-bond donors (Lipinski definition) is 1. The van der Waals surface area contributed by atoms with Gasteiger partial charge < -0.3 is 10.5 Å². The maximum absolute atomic E-state index is 12.4. The first kappa shape index (κ1) is 12.3. The van der Waals surface area contributed by atoms with Crippen LogP contribution in [0.1, 0.15) is 24.3 Å². The molecule has 1 aliphatic heterocycles. The van der Waals surface area contributed by atoms with Crippen molar-refractivity contribution >= 4 is 5.78 Å². The van der Waals surface area contributed by atoms with E-state index in [1.54, 1.807) is 0 Å². The Morgan fingerprint density at radius 2 is 1.94 bits per heavy atom. The molecule has 0 amide bonds. The van der Waals surface area contributed by atoms with Gasteiger partial charge in [0, 0.05) is 25.7 Å². The van der Waals surface area contributed by atoms with Gasteiger partial charge >= 0.3 is 0 Å². The summed E-state index contributed by atoms with van der Waals surface area (Å²) in [5.41, 5.74) is 6.79. The number of ether oxygens (including phenoxy) is 1. The van der Waals surface area contributed by atoms with Gasteiger partial charge in [0.1, 0.15) is 5.78 Å². The van der Waals surface area contributed by atoms with E-state index >= 15 is 0 Å². The molecule has 1 aromatic carbocycles. The molecule has 0 radical (unpaired) electrons. The van der Waals surface area contributed by atoms with Gasteiger partial charge in [0.15, 0.2) is 0 Å².